The lowest BCUT2D eigenvalue weighted by Gasteiger charge is -2.20. The highest BCUT2D eigenvalue weighted by Crippen LogP contribution is 2.30. The Balaban J connectivity index is 1.66. The minimum absolute atomic E-state index is 0.230. The monoisotopic (exact) mass is 415 g/mol. The number of amides is 1. The van der Waals surface area contributed by atoms with E-state index in [2.05, 4.69) is 10.3 Å². The molecule has 4 rings (SSSR count). The first-order valence-electron chi connectivity index (χ1n) is 10.2. The standard InChI is InChI=1S/C25H25N3O3/c1-4-20-18(17-9-5-8-12-22(17)31-20)13-14-23(29)27-24(25-26-15-16-28(25)2)19-10-6-7-11-21(19)30-3/h5-16,24H,4H2,1-3H3,(H,27,29)/b14-13+. The molecule has 0 saturated carbocycles. The highest BCUT2D eigenvalue weighted by Gasteiger charge is 2.23. The summed E-state index contributed by atoms with van der Waals surface area (Å²) in [6, 6.07) is 15.0. The Labute approximate surface area is 181 Å². The van der Waals surface area contributed by atoms with Crippen molar-refractivity contribution >= 4 is 23.0 Å². The number of ether oxygens (including phenoxy) is 1. The molecule has 1 atom stereocenters. The summed E-state index contributed by atoms with van der Waals surface area (Å²) < 4.78 is 13.3. The van der Waals surface area contributed by atoms with Crippen molar-refractivity contribution in [2.45, 2.75) is 19.4 Å². The fraction of sp³-hybridized carbons (Fsp3) is 0.200. The highest BCUT2D eigenvalue weighted by molar-refractivity contribution is 5.96. The summed E-state index contributed by atoms with van der Waals surface area (Å²) in [5.41, 5.74) is 2.59. The zero-order valence-electron chi connectivity index (χ0n) is 17.8. The highest BCUT2D eigenvalue weighted by atomic mass is 16.5. The molecule has 6 nitrogen and oxygen atoms in total. The molecule has 1 N–H and O–H groups in total. The maximum atomic E-state index is 13.0. The van der Waals surface area contributed by atoms with Crippen molar-refractivity contribution in [2.75, 3.05) is 7.11 Å². The number of para-hydroxylation sites is 2. The first-order chi connectivity index (χ1) is 15.1. The van der Waals surface area contributed by atoms with Gasteiger partial charge in [0.25, 0.3) is 0 Å². The van der Waals surface area contributed by atoms with Crippen LogP contribution < -0.4 is 10.1 Å². The molecule has 0 aliphatic carbocycles. The predicted octanol–water partition coefficient (Wildman–Crippen LogP) is 4.66. The first kappa shape index (κ1) is 20.5. The maximum absolute atomic E-state index is 13.0. The number of methoxy groups -OCH3 is 1. The molecule has 31 heavy (non-hydrogen) atoms. The smallest absolute Gasteiger partial charge is 0.244 e. The average Bonchev–Trinajstić information content (AvgIpc) is 3.39. The van der Waals surface area contributed by atoms with Crippen LogP contribution in [0.1, 0.15) is 35.7 Å². The van der Waals surface area contributed by atoms with Gasteiger partial charge in [-0.15, -0.1) is 0 Å². The number of carbonyl (C=O) groups is 1. The van der Waals surface area contributed by atoms with Gasteiger partial charge in [-0.2, -0.15) is 0 Å². The van der Waals surface area contributed by atoms with Gasteiger partial charge in [-0.05, 0) is 18.2 Å². The minimum atomic E-state index is -0.458. The summed E-state index contributed by atoms with van der Waals surface area (Å²) in [5, 5.41) is 4.07. The Hall–Kier alpha value is -3.80. The molecular formula is C25H25N3O3. The van der Waals surface area contributed by atoms with Crippen molar-refractivity contribution in [2.24, 2.45) is 7.05 Å². The van der Waals surface area contributed by atoms with E-state index in [0.29, 0.717) is 11.6 Å². The van der Waals surface area contributed by atoms with Gasteiger partial charge >= 0.3 is 0 Å². The topological polar surface area (TPSA) is 69.3 Å². The summed E-state index contributed by atoms with van der Waals surface area (Å²) in [6.45, 7) is 2.04. The Morgan fingerprint density at radius 2 is 2.00 bits per heavy atom. The van der Waals surface area contributed by atoms with Crippen LogP contribution in [0.3, 0.4) is 0 Å². The molecule has 2 aromatic carbocycles. The van der Waals surface area contributed by atoms with Gasteiger partial charge in [-0.3, -0.25) is 4.79 Å². The third kappa shape index (κ3) is 4.10. The lowest BCUT2D eigenvalue weighted by molar-refractivity contribution is -0.117. The van der Waals surface area contributed by atoms with Crippen LogP contribution in [0.5, 0.6) is 5.75 Å². The van der Waals surface area contributed by atoms with Crippen molar-refractivity contribution in [3.05, 3.63) is 89.7 Å². The summed E-state index contributed by atoms with van der Waals surface area (Å²) in [7, 11) is 3.52. The van der Waals surface area contributed by atoms with Gasteiger partial charge in [-0.25, -0.2) is 4.98 Å². The van der Waals surface area contributed by atoms with Crippen molar-refractivity contribution < 1.29 is 13.9 Å². The number of aromatic nitrogens is 2. The first-order valence-corrected chi connectivity index (χ1v) is 10.2. The molecule has 1 amide bonds. The quantitative estimate of drug-likeness (QED) is 0.446. The van der Waals surface area contributed by atoms with E-state index in [4.69, 9.17) is 9.15 Å². The van der Waals surface area contributed by atoms with Gasteiger partial charge in [0.05, 0.1) is 7.11 Å². The second kappa shape index (κ2) is 8.92. The van der Waals surface area contributed by atoms with E-state index in [1.54, 1.807) is 19.4 Å². The number of nitrogens with zero attached hydrogens (tertiary/aromatic N) is 2. The van der Waals surface area contributed by atoms with Crippen molar-refractivity contribution in [1.82, 2.24) is 14.9 Å². The van der Waals surface area contributed by atoms with E-state index in [9.17, 15) is 4.79 Å². The number of furan rings is 1. The number of hydrogen-bond acceptors (Lipinski definition) is 4. The molecule has 1 unspecified atom stereocenters. The molecule has 158 valence electrons. The van der Waals surface area contributed by atoms with E-state index in [1.807, 2.05) is 79.3 Å². The molecule has 0 saturated heterocycles. The summed E-state index contributed by atoms with van der Waals surface area (Å²) in [6.07, 6.45) is 7.67. The average molecular weight is 415 g/mol. The SMILES string of the molecule is CCc1oc2ccccc2c1/C=C/C(=O)NC(c1ccccc1OC)c1nccn1C. The molecule has 4 aromatic rings. The van der Waals surface area contributed by atoms with Crippen LogP contribution in [0, 0.1) is 0 Å². The lowest BCUT2D eigenvalue weighted by atomic mass is 10.0. The zero-order chi connectivity index (χ0) is 21.8. The minimum Gasteiger partial charge on any atom is -0.496 e. The van der Waals surface area contributed by atoms with Crippen LogP contribution in [0.15, 0.2) is 71.4 Å². The number of imidazole rings is 1. The van der Waals surface area contributed by atoms with E-state index < -0.39 is 6.04 Å². The summed E-state index contributed by atoms with van der Waals surface area (Å²) >= 11 is 0. The summed E-state index contributed by atoms with van der Waals surface area (Å²) in [4.78, 5) is 17.4. The molecule has 2 aromatic heterocycles. The number of rotatable bonds is 7. The fourth-order valence-corrected chi connectivity index (χ4v) is 3.75. The predicted molar refractivity (Wildman–Crippen MR) is 121 cm³/mol. The van der Waals surface area contributed by atoms with Gasteiger partial charge in [-0.1, -0.05) is 43.3 Å². The normalized spacial score (nSPS) is 12.4. The third-order valence-corrected chi connectivity index (χ3v) is 5.29. The van der Waals surface area contributed by atoms with Crippen LogP contribution in [0.2, 0.25) is 0 Å². The lowest BCUT2D eigenvalue weighted by Crippen LogP contribution is -2.30. The molecule has 0 fully saturated rings. The summed E-state index contributed by atoms with van der Waals surface area (Å²) in [5.74, 6) is 2.03. The number of aryl methyl sites for hydroxylation is 2. The molecule has 2 heterocycles. The van der Waals surface area contributed by atoms with Gasteiger partial charge in [0.15, 0.2) is 0 Å². The van der Waals surface area contributed by atoms with E-state index in [1.165, 1.54) is 0 Å². The van der Waals surface area contributed by atoms with Gasteiger partial charge in [0, 0.05) is 48.5 Å². The van der Waals surface area contributed by atoms with Crippen LogP contribution in [0.25, 0.3) is 17.0 Å². The molecule has 0 bridgehead atoms. The largest absolute Gasteiger partial charge is 0.496 e. The molecule has 0 aliphatic rings. The van der Waals surface area contributed by atoms with Gasteiger partial charge < -0.3 is 19.0 Å². The number of hydrogen-bond donors (Lipinski definition) is 1. The van der Waals surface area contributed by atoms with Crippen LogP contribution in [-0.4, -0.2) is 22.6 Å². The van der Waals surface area contributed by atoms with Crippen LogP contribution in [-0.2, 0) is 18.3 Å². The maximum Gasteiger partial charge on any atom is 0.244 e. The van der Waals surface area contributed by atoms with Crippen LogP contribution >= 0.6 is 0 Å². The molecule has 0 aliphatic heterocycles. The number of benzene rings is 2. The van der Waals surface area contributed by atoms with E-state index in [-0.39, 0.29) is 5.91 Å². The van der Waals surface area contributed by atoms with Crippen LogP contribution in [0.4, 0.5) is 0 Å². The molecule has 0 spiro atoms. The van der Waals surface area contributed by atoms with Crippen molar-refractivity contribution in [3.8, 4) is 5.75 Å². The van der Waals surface area contributed by atoms with Crippen molar-refractivity contribution in [3.63, 3.8) is 0 Å². The van der Waals surface area contributed by atoms with Crippen molar-refractivity contribution in [1.29, 1.82) is 0 Å². The van der Waals surface area contributed by atoms with Gasteiger partial charge in [0.1, 0.15) is 29.0 Å². The Morgan fingerprint density at radius 1 is 1.23 bits per heavy atom. The van der Waals surface area contributed by atoms with E-state index >= 15 is 0 Å². The number of carbonyl (C=O) groups excluding carboxylic acids is 1. The molecular weight excluding hydrogens is 390 g/mol. The van der Waals surface area contributed by atoms with E-state index in [0.717, 1.165) is 34.3 Å². The molecule has 0 radical (unpaired) electrons. The second-order valence-electron chi connectivity index (χ2n) is 7.20. The number of fused-ring (bicyclic) bond motifs is 1. The zero-order valence-corrected chi connectivity index (χ0v) is 17.8. The third-order valence-electron chi connectivity index (χ3n) is 5.29. The molecule has 6 heteroatoms. The van der Waals surface area contributed by atoms with Gasteiger partial charge in [0.2, 0.25) is 5.91 Å². The Morgan fingerprint density at radius 3 is 2.74 bits per heavy atom. The fourth-order valence-electron chi connectivity index (χ4n) is 3.75. The Kier molecular flexibility index (Phi) is 5.89. The number of nitrogens with one attached hydrogen (secondary N) is 1. The Bertz CT molecular complexity index is 1240. The second-order valence-corrected chi connectivity index (χ2v) is 7.20.